The van der Waals surface area contributed by atoms with Gasteiger partial charge >= 0.3 is 18.6 Å². The van der Waals surface area contributed by atoms with E-state index in [4.69, 9.17) is 9.47 Å². The van der Waals surface area contributed by atoms with Crippen LogP contribution < -0.4 is 10.1 Å². The van der Waals surface area contributed by atoms with Crippen molar-refractivity contribution in [3.05, 3.63) is 22.6 Å². The van der Waals surface area contributed by atoms with Gasteiger partial charge in [0, 0.05) is 43.9 Å². The molecule has 0 aliphatic carbocycles. The number of nitrogens with one attached hydrogen (secondary N) is 1. The first-order valence-electron chi connectivity index (χ1n) is 10.3. The highest BCUT2D eigenvalue weighted by atomic mass is 32.1. The Bertz CT molecular complexity index is 1070. The number of hydrogen-bond donors (Lipinski definition) is 1. The summed E-state index contributed by atoms with van der Waals surface area (Å²) in [5.41, 5.74) is -1.12. The van der Waals surface area contributed by atoms with Crippen molar-refractivity contribution in [1.82, 2.24) is 15.2 Å². The van der Waals surface area contributed by atoms with Crippen LogP contribution in [0.2, 0.25) is 0 Å². The molecule has 15 heteroatoms. The number of hydrogen-bond acceptors (Lipinski definition) is 7. The number of carbonyl (C=O) groups is 2. The Labute approximate surface area is 199 Å². The molecule has 0 bridgehead atoms. The van der Waals surface area contributed by atoms with Gasteiger partial charge in [-0.15, -0.1) is 24.5 Å². The molecule has 3 heterocycles. The number of fused-ring (bicyclic) bond motifs is 1. The molecule has 2 aromatic rings. The van der Waals surface area contributed by atoms with Gasteiger partial charge in [0.15, 0.2) is 0 Å². The minimum atomic E-state index is -4.83. The number of piperidine rings is 1. The van der Waals surface area contributed by atoms with Gasteiger partial charge in [-0.05, 0) is 6.92 Å². The molecule has 0 aromatic carbocycles. The highest BCUT2D eigenvalue weighted by Crippen LogP contribution is 2.40. The number of pyridine rings is 1. The molecule has 3 rings (SSSR count). The third-order valence-corrected chi connectivity index (χ3v) is 6.20. The van der Waals surface area contributed by atoms with Crippen LogP contribution in [0.1, 0.15) is 35.7 Å². The molecular weight excluding hydrogens is 508 g/mol. The van der Waals surface area contributed by atoms with Crippen LogP contribution in [0.25, 0.3) is 10.2 Å². The average Bonchev–Trinajstić information content (AvgIpc) is 3.18. The average molecular weight is 529 g/mol. The Kier molecular flexibility index (Phi) is 7.99. The monoisotopic (exact) mass is 529 g/mol. The fraction of sp³-hybridized carbons (Fsp3) is 0.550. The lowest BCUT2D eigenvalue weighted by molar-refractivity contribution is -0.326. The SMILES string of the molecule is CNC(=O)c1csc2c(C(F)(F)F)cc(O[C@@H]3CCN(C(=O)OCCOC(F)(F)F)[C@H](C)C3)nc12. The number of carbonyl (C=O) groups excluding carboxylic acids is 2. The van der Waals surface area contributed by atoms with Crippen LogP contribution in [-0.2, 0) is 15.7 Å². The predicted octanol–water partition coefficient (Wildman–Crippen LogP) is 4.58. The maximum absolute atomic E-state index is 13.7. The third kappa shape index (κ3) is 6.66. The summed E-state index contributed by atoms with van der Waals surface area (Å²) in [6.45, 7) is 0.296. The van der Waals surface area contributed by atoms with E-state index in [1.807, 2.05) is 0 Å². The Morgan fingerprint density at radius 2 is 1.94 bits per heavy atom. The van der Waals surface area contributed by atoms with E-state index in [9.17, 15) is 35.9 Å². The number of likely N-dealkylation sites (tertiary alicyclic amines) is 1. The standard InChI is InChI=1S/C20H21F6N3O5S/c1-10-7-11(3-4-29(10)18(31)32-5-6-33-20(24,25)26)34-14-8-13(19(21,22)23)16-15(28-14)12(9-35-16)17(30)27-2/h8-11H,3-7H2,1-2H3,(H,27,30)/t10-,11-/m1/s1. The van der Waals surface area contributed by atoms with E-state index in [-0.39, 0.29) is 41.0 Å². The second-order valence-electron chi connectivity index (χ2n) is 7.63. The maximum atomic E-state index is 13.7. The molecule has 35 heavy (non-hydrogen) atoms. The van der Waals surface area contributed by atoms with Crippen molar-refractivity contribution >= 4 is 33.6 Å². The lowest BCUT2D eigenvalue weighted by Crippen LogP contribution is -2.47. The van der Waals surface area contributed by atoms with E-state index in [1.165, 1.54) is 17.3 Å². The minimum Gasteiger partial charge on any atom is -0.474 e. The highest BCUT2D eigenvalue weighted by Gasteiger charge is 2.37. The van der Waals surface area contributed by atoms with Crippen LogP contribution in [0.15, 0.2) is 11.4 Å². The first kappa shape index (κ1) is 26.8. The van der Waals surface area contributed by atoms with Crippen molar-refractivity contribution in [2.45, 2.75) is 44.4 Å². The zero-order valence-electron chi connectivity index (χ0n) is 18.5. The molecular formula is C20H21F6N3O5S. The number of amides is 2. The second-order valence-corrected chi connectivity index (χ2v) is 8.51. The molecule has 2 atom stereocenters. The van der Waals surface area contributed by atoms with Gasteiger partial charge in [0.05, 0.1) is 28.0 Å². The zero-order chi connectivity index (χ0) is 26.0. The van der Waals surface area contributed by atoms with Gasteiger partial charge in [-0.2, -0.15) is 13.2 Å². The van der Waals surface area contributed by atoms with Gasteiger partial charge in [0.2, 0.25) is 5.88 Å². The molecule has 194 valence electrons. The lowest BCUT2D eigenvalue weighted by atomic mass is 10.0. The van der Waals surface area contributed by atoms with Crippen molar-refractivity contribution in [3.8, 4) is 5.88 Å². The normalized spacial score (nSPS) is 19.0. The molecule has 1 saturated heterocycles. The quantitative estimate of drug-likeness (QED) is 0.435. The number of rotatable bonds is 6. The number of ether oxygens (including phenoxy) is 3. The molecule has 2 amide bonds. The molecule has 1 fully saturated rings. The van der Waals surface area contributed by atoms with E-state index >= 15 is 0 Å². The van der Waals surface area contributed by atoms with Crippen molar-refractivity contribution in [1.29, 1.82) is 0 Å². The summed E-state index contributed by atoms with van der Waals surface area (Å²) in [5, 5.41) is 3.65. The topological polar surface area (TPSA) is 90.0 Å². The first-order valence-corrected chi connectivity index (χ1v) is 11.2. The Hall–Kier alpha value is -2.81. The number of aromatic nitrogens is 1. The van der Waals surface area contributed by atoms with Crippen LogP contribution in [-0.4, -0.2) is 67.2 Å². The fourth-order valence-electron chi connectivity index (χ4n) is 3.60. The molecule has 0 radical (unpaired) electrons. The number of nitrogens with zero attached hydrogens (tertiary/aromatic N) is 2. The molecule has 1 N–H and O–H groups in total. The Morgan fingerprint density at radius 3 is 2.54 bits per heavy atom. The molecule has 8 nitrogen and oxygen atoms in total. The smallest absolute Gasteiger partial charge is 0.474 e. The van der Waals surface area contributed by atoms with Crippen LogP contribution >= 0.6 is 11.3 Å². The molecule has 1 aliphatic rings. The van der Waals surface area contributed by atoms with Crippen molar-refractivity contribution < 1.29 is 50.1 Å². The Balaban J connectivity index is 1.69. The second kappa shape index (κ2) is 10.4. The summed E-state index contributed by atoms with van der Waals surface area (Å²) in [7, 11) is 1.35. The summed E-state index contributed by atoms with van der Waals surface area (Å²) >= 11 is 0.751. The number of thiophene rings is 1. The van der Waals surface area contributed by atoms with Gasteiger partial charge in [-0.25, -0.2) is 9.78 Å². The summed E-state index contributed by atoms with van der Waals surface area (Å²) < 4.78 is 90.8. The number of halogens is 6. The molecule has 0 unspecified atom stereocenters. The lowest BCUT2D eigenvalue weighted by Gasteiger charge is -2.36. The fourth-order valence-corrected chi connectivity index (χ4v) is 4.62. The Morgan fingerprint density at radius 1 is 1.23 bits per heavy atom. The first-order chi connectivity index (χ1) is 16.3. The largest absolute Gasteiger partial charge is 0.522 e. The van der Waals surface area contributed by atoms with Gasteiger partial charge in [-0.3, -0.25) is 9.53 Å². The van der Waals surface area contributed by atoms with E-state index in [0.717, 1.165) is 17.4 Å². The molecule has 0 saturated carbocycles. The van der Waals surface area contributed by atoms with E-state index in [2.05, 4.69) is 15.0 Å². The van der Waals surface area contributed by atoms with E-state index in [1.54, 1.807) is 6.92 Å². The number of alkyl halides is 6. The van der Waals surface area contributed by atoms with Crippen molar-refractivity contribution in [2.75, 3.05) is 26.8 Å². The zero-order valence-corrected chi connectivity index (χ0v) is 19.3. The van der Waals surface area contributed by atoms with E-state index in [0.29, 0.717) is 0 Å². The summed E-state index contributed by atoms with van der Waals surface area (Å²) in [4.78, 5) is 29.6. The minimum absolute atomic E-state index is 0.0103. The van der Waals surface area contributed by atoms with Crippen LogP contribution in [0.5, 0.6) is 5.88 Å². The molecule has 2 aromatic heterocycles. The van der Waals surface area contributed by atoms with Crippen molar-refractivity contribution in [3.63, 3.8) is 0 Å². The summed E-state index contributed by atoms with van der Waals surface area (Å²) in [6, 6.07) is 0.302. The van der Waals surface area contributed by atoms with Crippen LogP contribution in [0, 0.1) is 0 Å². The van der Waals surface area contributed by atoms with E-state index < -0.39 is 55.5 Å². The van der Waals surface area contributed by atoms with Gasteiger partial charge < -0.3 is 19.7 Å². The van der Waals surface area contributed by atoms with Gasteiger partial charge in [0.25, 0.3) is 5.91 Å². The predicted molar refractivity (Wildman–Crippen MR) is 111 cm³/mol. The van der Waals surface area contributed by atoms with Gasteiger partial charge in [-0.1, -0.05) is 0 Å². The maximum Gasteiger partial charge on any atom is 0.522 e. The highest BCUT2D eigenvalue weighted by molar-refractivity contribution is 7.17. The summed E-state index contributed by atoms with van der Waals surface area (Å²) in [6.07, 6.45) is -10.6. The molecule has 0 spiro atoms. The summed E-state index contributed by atoms with van der Waals surface area (Å²) in [5.74, 6) is -0.902. The van der Waals surface area contributed by atoms with Gasteiger partial charge in [0.1, 0.15) is 12.7 Å². The van der Waals surface area contributed by atoms with Crippen LogP contribution in [0.4, 0.5) is 31.1 Å². The molecule has 1 aliphatic heterocycles. The van der Waals surface area contributed by atoms with Crippen LogP contribution in [0.3, 0.4) is 0 Å². The third-order valence-electron chi connectivity index (χ3n) is 5.20. The van der Waals surface area contributed by atoms with Crippen molar-refractivity contribution in [2.24, 2.45) is 0 Å².